The number of tetrazole rings is 1. The zero-order chi connectivity index (χ0) is 17.8. The van der Waals surface area contributed by atoms with Gasteiger partial charge in [-0.2, -0.15) is 0 Å². The molecule has 25 heavy (non-hydrogen) atoms. The maximum atomic E-state index is 12.3. The predicted molar refractivity (Wildman–Crippen MR) is 88.3 cm³/mol. The van der Waals surface area contributed by atoms with Gasteiger partial charge in [0.05, 0.1) is 18.1 Å². The molecule has 1 aromatic carbocycles. The molecule has 3 rings (SSSR count). The molecule has 1 aromatic heterocycles. The Morgan fingerprint density at radius 2 is 2.16 bits per heavy atom. The summed E-state index contributed by atoms with van der Waals surface area (Å²) in [4.78, 5) is 26.1. The Balaban J connectivity index is 1.83. The van der Waals surface area contributed by atoms with Crippen LogP contribution in [-0.2, 0) is 4.74 Å². The molecule has 0 saturated carbocycles. The fourth-order valence-corrected chi connectivity index (χ4v) is 2.41. The van der Waals surface area contributed by atoms with Gasteiger partial charge in [0.2, 0.25) is 0 Å². The smallest absolute Gasteiger partial charge is 0.293 e. The van der Waals surface area contributed by atoms with Gasteiger partial charge >= 0.3 is 0 Å². The summed E-state index contributed by atoms with van der Waals surface area (Å²) in [7, 11) is 0. The minimum absolute atomic E-state index is 0.0233. The van der Waals surface area contributed by atoms with Gasteiger partial charge in [0.15, 0.2) is 0 Å². The number of nitro groups is 1. The molecule has 2 heterocycles. The number of morpholine rings is 1. The van der Waals surface area contributed by atoms with E-state index >= 15 is 0 Å². The zero-order valence-corrected chi connectivity index (χ0v) is 13.2. The number of rotatable bonds is 5. The van der Waals surface area contributed by atoms with E-state index in [-0.39, 0.29) is 17.2 Å². The fourth-order valence-electron chi connectivity index (χ4n) is 2.41. The molecule has 0 unspecified atom stereocenters. The molecule has 1 aliphatic rings. The Morgan fingerprint density at radius 1 is 1.40 bits per heavy atom. The maximum absolute atomic E-state index is 12.3. The summed E-state index contributed by atoms with van der Waals surface area (Å²) in [5.41, 5.74) is 0.441. The average Bonchev–Trinajstić information content (AvgIpc) is 3.09. The van der Waals surface area contributed by atoms with Gasteiger partial charge in [-0.15, -0.1) is 9.90 Å². The van der Waals surface area contributed by atoms with Crippen LogP contribution in [0.15, 0.2) is 24.8 Å². The third kappa shape index (κ3) is 3.61. The van der Waals surface area contributed by atoms with Crippen LogP contribution in [0.5, 0.6) is 0 Å². The lowest BCUT2D eigenvalue weighted by atomic mass is 10.1. The van der Waals surface area contributed by atoms with E-state index < -0.39 is 10.8 Å². The third-order valence-corrected chi connectivity index (χ3v) is 3.60. The largest absolute Gasteiger partial charge is 0.378 e. The van der Waals surface area contributed by atoms with Crippen LogP contribution in [0.2, 0.25) is 0 Å². The number of benzene rings is 1. The minimum atomic E-state index is -0.569. The molecule has 0 radical (unpaired) electrons. The summed E-state index contributed by atoms with van der Waals surface area (Å²) >= 11 is 0. The van der Waals surface area contributed by atoms with Crippen molar-refractivity contribution < 1.29 is 14.5 Å². The first-order valence-electron chi connectivity index (χ1n) is 7.43. The molecule has 2 aromatic rings. The number of nitrogens with one attached hydrogen (secondary N) is 1. The van der Waals surface area contributed by atoms with Gasteiger partial charge in [0.25, 0.3) is 17.5 Å². The molecule has 0 aliphatic carbocycles. The molecular formula is C14H15N7O4. The number of carbonyl (C=O) groups is 1. The van der Waals surface area contributed by atoms with E-state index in [0.29, 0.717) is 32.0 Å². The number of aromatic nitrogens is 4. The van der Waals surface area contributed by atoms with Crippen molar-refractivity contribution in [3.8, 4) is 0 Å². The number of amides is 1. The van der Waals surface area contributed by atoms with Crippen molar-refractivity contribution in [2.45, 2.75) is 0 Å². The number of hydrogen-bond donors (Lipinski definition) is 1. The summed E-state index contributed by atoms with van der Waals surface area (Å²) in [5, 5.41) is 24.9. The van der Waals surface area contributed by atoms with E-state index in [1.165, 1.54) is 18.3 Å². The number of ether oxygens (including phenoxy) is 1. The Labute approximate surface area is 142 Å². The third-order valence-electron chi connectivity index (χ3n) is 3.60. The first kappa shape index (κ1) is 16.5. The van der Waals surface area contributed by atoms with Crippen LogP contribution in [0.25, 0.3) is 6.20 Å². The van der Waals surface area contributed by atoms with Gasteiger partial charge < -0.3 is 9.64 Å². The predicted octanol–water partition coefficient (Wildman–Crippen LogP) is 0.771. The second-order valence-electron chi connectivity index (χ2n) is 5.13. The number of carbonyl (C=O) groups excluding carboxylic acids is 1. The van der Waals surface area contributed by atoms with Crippen LogP contribution in [0.3, 0.4) is 0 Å². The molecule has 130 valence electrons. The van der Waals surface area contributed by atoms with Crippen LogP contribution in [0.1, 0.15) is 10.4 Å². The van der Waals surface area contributed by atoms with E-state index in [0.717, 1.165) is 4.80 Å². The van der Waals surface area contributed by atoms with Crippen molar-refractivity contribution in [2.75, 3.05) is 36.5 Å². The minimum Gasteiger partial charge on any atom is -0.378 e. The van der Waals surface area contributed by atoms with E-state index in [1.54, 1.807) is 6.07 Å². The highest BCUT2D eigenvalue weighted by Crippen LogP contribution is 2.30. The molecule has 1 amide bonds. The highest BCUT2D eigenvalue weighted by Gasteiger charge is 2.23. The van der Waals surface area contributed by atoms with E-state index in [4.69, 9.17) is 4.74 Å². The van der Waals surface area contributed by atoms with E-state index in [9.17, 15) is 14.9 Å². The summed E-state index contributed by atoms with van der Waals surface area (Å²) in [6.45, 7) is 5.58. The second kappa shape index (κ2) is 7.05. The lowest BCUT2D eigenvalue weighted by Crippen LogP contribution is -2.36. The number of nitrogens with zero attached hydrogens (tertiary/aromatic N) is 6. The Hall–Kier alpha value is -3.34. The number of anilines is 2. The van der Waals surface area contributed by atoms with Gasteiger partial charge in [-0.1, -0.05) is 11.7 Å². The first-order valence-corrected chi connectivity index (χ1v) is 7.43. The van der Waals surface area contributed by atoms with Crippen LogP contribution in [0.4, 0.5) is 17.3 Å². The van der Waals surface area contributed by atoms with Gasteiger partial charge in [-0.3, -0.25) is 20.2 Å². The normalized spacial score (nSPS) is 14.2. The van der Waals surface area contributed by atoms with Gasteiger partial charge in [0, 0.05) is 30.9 Å². The van der Waals surface area contributed by atoms with E-state index in [1.807, 2.05) is 4.90 Å². The highest BCUT2D eigenvalue weighted by molar-refractivity contribution is 6.04. The second-order valence-corrected chi connectivity index (χ2v) is 5.13. The summed E-state index contributed by atoms with van der Waals surface area (Å²) in [6.07, 6.45) is 1.31. The van der Waals surface area contributed by atoms with Crippen LogP contribution < -0.4 is 10.2 Å². The summed E-state index contributed by atoms with van der Waals surface area (Å²) in [6, 6.07) is 4.31. The fraction of sp³-hybridized carbons (Fsp3) is 0.286. The summed E-state index contributed by atoms with van der Waals surface area (Å²) < 4.78 is 5.26. The van der Waals surface area contributed by atoms with Crippen molar-refractivity contribution in [2.24, 2.45) is 0 Å². The van der Waals surface area contributed by atoms with Crippen molar-refractivity contribution in [3.05, 3.63) is 40.5 Å². The zero-order valence-electron chi connectivity index (χ0n) is 13.2. The van der Waals surface area contributed by atoms with Gasteiger partial charge in [-0.25, -0.2) is 0 Å². The Morgan fingerprint density at radius 3 is 2.80 bits per heavy atom. The molecule has 11 nitrogen and oxygen atoms in total. The van der Waals surface area contributed by atoms with Crippen LogP contribution in [0, 0.1) is 10.1 Å². The lowest BCUT2D eigenvalue weighted by molar-refractivity contribution is -0.384. The van der Waals surface area contributed by atoms with Crippen LogP contribution in [-0.4, -0.2) is 57.3 Å². The number of nitro benzene ring substituents is 1. The SMILES string of the molecule is C=Cn1nnc(NC(=O)c2ccc(N3CCOCC3)c([N+](=O)[O-])c2)n1. The summed E-state index contributed by atoms with van der Waals surface area (Å²) in [5.74, 6) is -0.593. The molecule has 0 atom stereocenters. The molecular weight excluding hydrogens is 330 g/mol. The Kier molecular flexibility index (Phi) is 4.66. The quantitative estimate of drug-likeness (QED) is 0.621. The van der Waals surface area contributed by atoms with Crippen molar-refractivity contribution in [1.82, 2.24) is 20.2 Å². The molecule has 11 heteroatoms. The topological polar surface area (TPSA) is 128 Å². The monoisotopic (exact) mass is 345 g/mol. The highest BCUT2D eigenvalue weighted by atomic mass is 16.6. The molecule has 1 saturated heterocycles. The van der Waals surface area contributed by atoms with Gasteiger partial charge in [0.1, 0.15) is 5.69 Å². The van der Waals surface area contributed by atoms with Crippen molar-refractivity contribution in [3.63, 3.8) is 0 Å². The molecule has 1 fully saturated rings. The van der Waals surface area contributed by atoms with Gasteiger partial charge in [-0.05, 0) is 17.3 Å². The molecule has 1 N–H and O–H groups in total. The van der Waals surface area contributed by atoms with Crippen molar-refractivity contribution in [1.29, 1.82) is 0 Å². The molecule has 0 bridgehead atoms. The van der Waals surface area contributed by atoms with Crippen LogP contribution >= 0.6 is 0 Å². The Bertz CT molecular complexity index is 813. The molecule has 1 aliphatic heterocycles. The average molecular weight is 345 g/mol. The van der Waals surface area contributed by atoms with Crippen molar-refractivity contribution >= 4 is 29.4 Å². The molecule has 0 spiro atoms. The maximum Gasteiger partial charge on any atom is 0.293 e. The van der Waals surface area contributed by atoms with E-state index in [2.05, 4.69) is 27.3 Å². The lowest BCUT2D eigenvalue weighted by Gasteiger charge is -2.28. The standard InChI is InChI=1S/C14H15N7O4/c1-2-20-17-14(16-18-20)15-13(22)10-3-4-11(12(9-10)21(23)24)19-5-7-25-8-6-19/h2-4,9H,1,5-8H2,(H,15,17,22). The number of hydrogen-bond acceptors (Lipinski definition) is 8. The first-order chi connectivity index (χ1) is 12.1.